The van der Waals surface area contributed by atoms with E-state index in [9.17, 15) is 9.59 Å². The summed E-state index contributed by atoms with van der Waals surface area (Å²) in [5.41, 5.74) is 3.27. The largest absolute Gasteiger partial charge is 0.492 e. The van der Waals surface area contributed by atoms with Crippen LogP contribution in [0.25, 0.3) is 27.7 Å². The van der Waals surface area contributed by atoms with E-state index in [-0.39, 0.29) is 11.3 Å². The molecule has 176 valence electrons. The van der Waals surface area contributed by atoms with Gasteiger partial charge >= 0.3 is 0 Å². The highest BCUT2D eigenvalue weighted by atomic mass is 16.5. The summed E-state index contributed by atoms with van der Waals surface area (Å²) >= 11 is 0. The Balaban J connectivity index is 1.34. The van der Waals surface area contributed by atoms with E-state index in [2.05, 4.69) is 16.8 Å². The van der Waals surface area contributed by atoms with Gasteiger partial charge in [-0.25, -0.2) is 0 Å². The van der Waals surface area contributed by atoms with E-state index >= 15 is 0 Å². The molecule has 2 aliphatic rings. The van der Waals surface area contributed by atoms with Gasteiger partial charge in [0.15, 0.2) is 5.78 Å². The van der Waals surface area contributed by atoms with Crippen LogP contribution >= 0.6 is 0 Å². The molecule has 3 aromatic carbocycles. The molecule has 1 aliphatic carbocycles. The Labute approximate surface area is 204 Å². The molecule has 0 N–H and O–H groups in total. The SMILES string of the molecule is CN1CCN(CCOc2ccc(-n3c4c(c5ccccc5c3=O)C(=O)c3ccccc3-4)cc2)CC1. The van der Waals surface area contributed by atoms with Crippen LogP contribution in [0.3, 0.4) is 0 Å². The Kier molecular flexibility index (Phi) is 5.47. The number of benzene rings is 3. The van der Waals surface area contributed by atoms with Crippen molar-refractivity contribution in [2.45, 2.75) is 0 Å². The monoisotopic (exact) mass is 465 g/mol. The Morgan fingerprint density at radius 1 is 0.771 bits per heavy atom. The fourth-order valence-electron chi connectivity index (χ4n) is 5.16. The summed E-state index contributed by atoms with van der Waals surface area (Å²) in [6.45, 7) is 5.82. The summed E-state index contributed by atoms with van der Waals surface area (Å²) in [6.07, 6.45) is 0. The average Bonchev–Trinajstić information content (AvgIpc) is 3.19. The number of fused-ring (bicyclic) bond motifs is 5. The topological polar surface area (TPSA) is 54.8 Å². The smallest absolute Gasteiger partial charge is 0.263 e. The first-order valence-corrected chi connectivity index (χ1v) is 12.1. The van der Waals surface area contributed by atoms with Crippen molar-refractivity contribution in [3.8, 4) is 22.7 Å². The molecule has 35 heavy (non-hydrogen) atoms. The van der Waals surface area contributed by atoms with Crippen LogP contribution in [0.1, 0.15) is 15.9 Å². The van der Waals surface area contributed by atoms with E-state index in [0.717, 1.165) is 44.0 Å². The lowest BCUT2D eigenvalue weighted by molar-refractivity contribution is 0.104. The normalized spacial score (nSPS) is 15.9. The van der Waals surface area contributed by atoms with Gasteiger partial charge in [0.25, 0.3) is 5.56 Å². The fraction of sp³-hybridized carbons (Fsp3) is 0.241. The molecule has 0 radical (unpaired) electrons. The van der Waals surface area contributed by atoms with Crippen LogP contribution in [0.15, 0.2) is 77.6 Å². The molecule has 0 saturated carbocycles. The Morgan fingerprint density at radius 2 is 1.43 bits per heavy atom. The number of ether oxygens (including phenoxy) is 1. The van der Waals surface area contributed by atoms with Crippen LogP contribution in [0.5, 0.6) is 5.75 Å². The number of ketones is 1. The number of hydrogen-bond acceptors (Lipinski definition) is 5. The Bertz CT molecular complexity index is 1480. The first kappa shape index (κ1) is 21.8. The molecule has 6 rings (SSSR count). The van der Waals surface area contributed by atoms with Crippen LogP contribution < -0.4 is 10.3 Å². The van der Waals surface area contributed by atoms with Crippen molar-refractivity contribution in [3.63, 3.8) is 0 Å². The number of hydrogen-bond donors (Lipinski definition) is 0. The quantitative estimate of drug-likeness (QED) is 0.395. The van der Waals surface area contributed by atoms with Gasteiger partial charge in [-0.15, -0.1) is 0 Å². The van der Waals surface area contributed by atoms with Crippen molar-refractivity contribution in [2.24, 2.45) is 0 Å². The number of nitrogens with zero attached hydrogens (tertiary/aromatic N) is 3. The van der Waals surface area contributed by atoms with Crippen molar-refractivity contribution in [1.82, 2.24) is 14.4 Å². The van der Waals surface area contributed by atoms with Gasteiger partial charge in [-0.05, 0) is 37.4 Å². The van der Waals surface area contributed by atoms with Crippen LogP contribution in [0, 0.1) is 0 Å². The number of carbonyl (C=O) groups is 1. The Morgan fingerprint density at radius 3 is 2.17 bits per heavy atom. The van der Waals surface area contributed by atoms with Crippen LogP contribution in [-0.4, -0.2) is 66.5 Å². The molecule has 6 nitrogen and oxygen atoms in total. The first-order valence-electron chi connectivity index (χ1n) is 12.1. The van der Waals surface area contributed by atoms with E-state index in [1.807, 2.05) is 66.7 Å². The minimum Gasteiger partial charge on any atom is -0.492 e. The van der Waals surface area contributed by atoms with E-state index in [4.69, 9.17) is 4.74 Å². The number of aromatic nitrogens is 1. The highest BCUT2D eigenvalue weighted by Gasteiger charge is 2.32. The van der Waals surface area contributed by atoms with Crippen molar-refractivity contribution < 1.29 is 9.53 Å². The van der Waals surface area contributed by atoms with Crippen molar-refractivity contribution >= 4 is 16.6 Å². The molecule has 1 saturated heterocycles. The first-order chi connectivity index (χ1) is 17.1. The second-order valence-electron chi connectivity index (χ2n) is 9.27. The fourth-order valence-corrected chi connectivity index (χ4v) is 5.16. The summed E-state index contributed by atoms with van der Waals surface area (Å²) in [7, 11) is 2.15. The molecule has 0 atom stereocenters. The highest BCUT2D eigenvalue weighted by Crippen LogP contribution is 2.40. The molecule has 0 unspecified atom stereocenters. The van der Waals surface area contributed by atoms with Crippen molar-refractivity contribution in [1.29, 1.82) is 0 Å². The van der Waals surface area contributed by atoms with E-state index in [1.165, 1.54) is 0 Å². The zero-order valence-corrected chi connectivity index (χ0v) is 19.7. The van der Waals surface area contributed by atoms with Gasteiger partial charge in [-0.2, -0.15) is 0 Å². The molecular formula is C29H27N3O3. The molecule has 1 aromatic heterocycles. The lowest BCUT2D eigenvalue weighted by Crippen LogP contribution is -2.45. The minimum absolute atomic E-state index is 0.0376. The lowest BCUT2D eigenvalue weighted by Gasteiger charge is -2.32. The van der Waals surface area contributed by atoms with Gasteiger partial charge in [-0.3, -0.25) is 19.1 Å². The van der Waals surface area contributed by atoms with Crippen LogP contribution in [0.4, 0.5) is 0 Å². The van der Waals surface area contributed by atoms with Crippen LogP contribution in [-0.2, 0) is 0 Å². The second kappa shape index (κ2) is 8.80. The number of piperazine rings is 1. The molecule has 0 amide bonds. The van der Waals surface area contributed by atoms with Gasteiger partial charge in [-0.1, -0.05) is 42.5 Å². The van der Waals surface area contributed by atoms with Crippen molar-refractivity contribution in [3.05, 3.63) is 94.3 Å². The molecule has 1 aliphatic heterocycles. The third kappa shape index (κ3) is 3.75. The number of pyridine rings is 1. The summed E-state index contributed by atoms with van der Waals surface area (Å²) in [6, 6.07) is 22.5. The summed E-state index contributed by atoms with van der Waals surface area (Å²) in [4.78, 5) is 31.8. The molecule has 0 spiro atoms. The lowest BCUT2D eigenvalue weighted by atomic mass is 10.0. The molecule has 1 fully saturated rings. The third-order valence-electron chi connectivity index (χ3n) is 7.11. The Hall–Kier alpha value is -3.74. The molecule has 4 aromatic rings. The summed E-state index contributed by atoms with van der Waals surface area (Å²) < 4.78 is 7.67. The molecule has 6 heteroatoms. The number of carbonyl (C=O) groups excluding carboxylic acids is 1. The minimum atomic E-state index is -0.132. The maximum absolute atomic E-state index is 13.7. The maximum atomic E-state index is 13.7. The highest BCUT2D eigenvalue weighted by molar-refractivity contribution is 6.26. The van der Waals surface area contributed by atoms with Gasteiger partial charge in [0, 0.05) is 60.3 Å². The van der Waals surface area contributed by atoms with Gasteiger partial charge < -0.3 is 9.64 Å². The number of likely N-dealkylation sites (N-methyl/N-ethyl adjacent to an activating group) is 1. The van der Waals surface area contributed by atoms with E-state index < -0.39 is 0 Å². The van der Waals surface area contributed by atoms with Gasteiger partial charge in [0.1, 0.15) is 12.4 Å². The summed E-state index contributed by atoms with van der Waals surface area (Å²) in [5, 5.41) is 1.24. The van der Waals surface area contributed by atoms with E-state index in [0.29, 0.717) is 39.9 Å². The maximum Gasteiger partial charge on any atom is 0.263 e. The van der Waals surface area contributed by atoms with Crippen LogP contribution in [0.2, 0.25) is 0 Å². The number of rotatable bonds is 5. The second-order valence-corrected chi connectivity index (χ2v) is 9.27. The standard InChI is InChI=1S/C29H27N3O3/c1-30-14-16-31(17-15-30)18-19-35-21-12-10-20(11-13-21)32-27-23-7-3-4-8-24(23)28(33)26(27)22-6-2-5-9-25(22)29(32)34/h2-13H,14-19H2,1H3. The van der Waals surface area contributed by atoms with Crippen molar-refractivity contribution in [2.75, 3.05) is 46.4 Å². The predicted molar refractivity (Wildman–Crippen MR) is 138 cm³/mol. The zero-order valence-electron chi connectivity index (χ0n) is 19.7. The van der Waals surface area contributed by atoms with Gasteiger partial charge in [0.2, 0.25) is 0 Å². The zero-order chi connectivity index (χ0) is 23.9. The molecule has 2 heterocycles. The summed E-state index contributed by atoms with van der Waals surface area (Å²) in [5.74, 6) is 0.731. The third-order valence-corrected chi connectivity index (χ3v) is 7.11. The average molecular weight is 466 g/mol. The van der Waals surface area contributed by atoms with Gasteiger partial charge in [0.05, 0.1) is 11.3 Å². The van der Waals surface area contributed by atoms with E-state index in [1.54, 1.807) is 10.6 Å². The molecular weight excluding hydrogens is 438 g/mol. The predicted octanol–water partition coefficient (Wildman–Crippen LogP) is 3.83. The molecule has 0 bridgehead atoms.